The number of aryl methyl sites for hydroxylation is 1. The normalized spacial score (nSPS) is 13.7. The van der Waals surface area contributed by atoms with Gasteiger partial charge in [-0.15, -0.1) is 0 Å². The molecule has 0 radical (unpaired) electrons. The summed E-state index contributed by atoms with van der Waals surface area (Å²) in [5.41, 5.74) is 1.98. The lowest BCUT2D eigenvalue weighted by atomic mass is 10.1. The van der Waals surface area contributed by atoms with Crippen LogP contribution < -0.4 is 20.1 Å². The highest BCUT2D eigenvalue weighted by molar-refractivity contribution is 5.97. The van der Waals surface area contributed by atoms with Crippen LogP contribution in [0.1, 0.15) is 27.9 Å². The minimum atomic E-state index is -4.46. The summed E-state index contributed by atoms with van der Waals surface area (Å²) in [5, 5.41) is 5.47. The smallest absolute Gasteiger partial charge is 0.422 e. The molecule has 0 bridgehead atoms. The minimum Gasteiger partial charge on any atom is -0.493 e. The lowest BCUT2D eigenvalue weighted by Gasteiger charge is -2.26. The first-order valence-corrected chi connectivity index (χ1v) is 10.9. The quantitative estimate of drug-likeness (QED) is 0.560. The van der Waals surface area contributed by atoms with Crippen molar-refractivity contribution in [3.63, 3.8) is 0 Å². The molecule has 188 valence electrons. The van der Waals surface area contributed by atoms with Crippen molar-refractivity contribution in [3.05, 3.63) is 59.2 Å². The third-order valence-corrected chi connectivity index (χ3v) is 5.28. The second-order valence-electron chi connectivity index (χ2n) is 7.94. The molecule has 8 nitrogen and oxygen atoms in total. The van der Waals surface area contributed by atoms with Crippen molar-refractivity contribution in [2.45, 2.75) is 25.6 Å². The predicted molar refractivity (Wildman–Crippen MR) is 120 cm³/mol. The largest absolute Gasteiger partial charge is 0.493 e. The van der Waals surface area contributed by atoms with Gasteiger partial charge in [-0.25, -0.2) is 0 Å². The number of benzene rings is 2. The molecule has 2 aromatic rings. The molecule has 1 aliphatic heterocycles. The Labute approximate surface area is 200 Å². The Morgan fingerprint density at radius 1 is 1.09 bits per heavy atom. The fraction of sp³-hybridized carbons (Fsp3) is 0.375. The predicted octanol–water partition coefficient (Wildman–Crippen LogP) is 2.46. The zero-order valence-electron chi connectivity index (χ0n) is 19.1. The Morgan fingerprint density at radius 2 is 1.80 bits per heavy atom. The van der Waals surface area contributed by atoms with Crippen LogP contribution in [-0.2, 0) is 22.6 Å². The average molecular weight is 493 g/mol. The molecular formula is C24H26F3N3O5. The number of amides is 3. The zero-order chi connectivity index (χ0) is 25.4. The van der Waals surface area contributed by atoms with E-state index in [9.17, 15) is 27.6 Å². The first-order valence-electron chi connectivity index (χ1n) is 10.9. The molecule has 11 heteroatoms. The van der Waals surface area contributed by atoms with Gasteiger partial charge in [0.2, 0.25) is 11.8 Å². The number of piperazine rings is 1. The lowest BCUT2D eigenvalue weighted by Crippen LogP contribution is -2.49. The van der Waals surface area contributed by atoms with E-state index in [0.717, 1.165) is 5.56 Å². The van der Waals surface area contributed by atoms with E-state index in [1.165, 1.54) is 18.1 Å². The van der Waals surface area contributed by atoms with Gasteiger partial charge in [-0.2, -0.15) is 13.2 Å². The van der Waals surface area contributed by atoms with Crippen LogP contribution in [0.2, 0.25) is 0 Å². The summed E-state index contributed by atoms with van der Waals surface area (Å²) in [4.78, 5) is 37.7. The van der Waals surface area contributed by atoms with Gasteiger partial charge in [0.25, 0.3) is 5.91 Å². The van der Waals surface area contributed by atoms with E-state index in [0.29, 0.717) is 30.6 Å². The van der Waals surface area contributed by atoms with E-state index >= 15 is 0 Å². The third-order valence-electron chi connectivity index (χ3n) is 5.28. The first kappa shape index (κ1) is 25.9. The molecular weight excluding hydrogens is 467 g/mol. The molecule has 0 unspecified atom stereocenters. The van der Waals surface area contributed by atoms with Gasteiger partial charge >= 0.3 is 6.18 Å². The fourth-order valence-corrected chi connectivity index (χ4v) is 3.45. The highest BCUT2D eigenvalue weighted by Gasteiger charge is 2.29. The maximum absolute atomic E-state index is 12.5. The van der Waals surface area contributed by atoms with Gasteiger partial charge in [0.1, 0.15) is 0 Å². The number of nitrogens with zero attached hydrogens (tertiary/aromatic N) is 1. The summed E-state index contributed by atoms with van der Waals surface area (Å²) in [6.07, 6.45) is -3.93. The van der Waals surface area contributed by atoms with E-state index in [1.807, 2.05) is 0 Å². The van der Waals surface area contributed by atoms with Crippen molar-refractivity contribution in [2.24, 2.45) is 0 Å². The molecule has 3 amide bonds. The number of hydrogen-bond donors (Lipinski definition) is 2. The monoisotopic (exact) mass is 493 g/mol. The molecule has 1 aliphatic rings. The molecule has 0 spiro atoms. The second-order valence-corrected chi connectivity index (χ2v) is 7.94. The van der Waals surface area contributed by atoms with Crippen molar-refractivity contribution in [2.75, 3.05) is 33.4 Å². The van der Waals surface area contributed by atoms with Gasteiger partial charge < -0.3 is 25.0 Å². The molecule has 0 atom stereocenters. The summed E-state index contributed by atoms with van der Waals surface area (Å²) in [6.45, 7) is -0.233. The van der Waals surface area contributed by atoms with E-state index in [1.54, 1.807) is 36.4 Å². The van der Waals surface area contributed by atoms with Crippen LogP contribution >= 0.6 is 0 Å². The number of rotatable bonds is 9. The minimum absolute atomic E-state index is 0.0245. The summed E-state index contributed by atoms with van der Waals surface area (Å²) in [6, 6.07) is 11.3. The van der Waals surface area contributed by atoms with Crippen LogP contribution in [0.25, 0.3) is 0 Å². The molecule has 35 heavy (non-hydrogen) atoms. The van der Waals surface area contributed by atoms with Crippen LogP contribution in [0.3, 0.4) is 0 Å². The first-order chi connectivity index (χ1) is 16.6. The zero-order valence-corrected chi connectivity index (χ0v) is 19.1. The maximum Gasteiger partial charge on any atom is 0.422 e. The SMILES string of the molecule is COc1cc(CCC(=O)NCc2ccc(C(=O)N3CCNC(=O)C3)cc2)ccc1OCC(F)(F)F. The Morgan fingerprint density at radius 3 is 2.46 bits per heavy atom. The number of carbonyl (C=O) groups excluding carboxylic acids is 3. The van der Waals surface area contributed by atoms with Gasteiger partial charge in [-0.3, -0.25) is 14.4 Å². The fourth-order valence-electron chi connectivity index (χ4n) is 3.45. The molecule has 0 aromatic heterocycles. The third kappa shape index (κ3) is 7.90. The average Bonchev–Trinajstić information content (AvgIpc) is 2.84. The van der Waals surface area contributed by atoms with Crippen molar-refractivity contribution in [3.8, 4) is 11.5 Å². The number of nitrogens with one attached hydrogen (secondary N) is 2. The van der Waals surface area contributed by atoms with E-state index < -0.39 is 12.8 Å². The number of methoxy groups -OCH3 is 1. The van der Waals surface area contributed by atoms with Crippen LogP contribution in [-0.4, -0.2) is 62.1 Å². The Bertz CT molecular complexity index is 1060. The van der Waals surface area contributed by atoms with Gasteiger partial charge in [0, 0.05) is 31.6 Å². The topological polar surface area (TPSA) is 97.0 Å². The summed E-state index contributed by atoms with van der Waals surface area (Å²) in [7, 11) is 1.33. The van der Waals surface area contributed by atoms with Crippen molar-refractivity contribution in [1.29, 1.82) is 0 Å². The van der Waals surface area contributed by atoms with Gasteiger partial charge in [-0.05, 0) is 41.8 Å². The van der Waals surface area contributed by atoms with Gasteiger partial charge in [-0.1, -0.05) is 18.2 Å². The number of hydrogen-bond acceptors (Lipinski definition) is 5. The standard InChI is InChI=1S/C24H26F3N3O5/c1-34-20-12-16(4-8-19(20)35-15-24(25,26)27)5-9-21(31)29-13-17-2-6-18(7-3-17)23(33)30-11-10-28-22(32)14-30/h2-4,6-8,12H,5,9-11,13-15H2,1H3,(H,28,32)(H,29,31). The summed E-state index contributed by atoms with van der Waals surface area (Å²) < 4.78 is 46.9. The number of ether oxygens (including phenoxy) is 2. The van der Waals surface area contributed by atoms with Crippen molar-refractivity contribution >= 4 is 17.7 Å². The highest BCUT2D eigenvalue weighted by atomic mass is 19.4. The second kappa shape index (κ2) is 11.6. The Hall–Kier alpha value is -3.76. The molecule has 1 heterocycles. The Kier molecular flexibility index (Phi) is 8.56. The van der Waals surface area contributed by atoms with E-state index in [4.69, 9.17) is 9.47 Å². The van der Waals surface area contributed by atoms with Crippen molar-refractivity contribution < 1.29 is 37.0 Å². The molecule has 1 fully saturated rings. The molecule has 1 saturated heterocycles. The van der Waals surface area contributed by atoms with Crippen LogP contribution in [0.4, 0.5) is 13.2 Å². The van der Waals surface area contributed by atoms with E-state index in [-0.39, 0.29) is 48.7 Å². The lowest BCUT2D eigenvalue weighted by molar-refractivity contribution is -0.153. The van der Waals surface area contributed by atoms with E-state index in [2.05, 4.69) is 10.6 Å². The van der Waals surface area contributed by atoms with Crippen molar-refractivity contribution in [1.82, 2.24) is 15.5 Å². The van der Waals surface area contributed by atoms with Crippen LogP contribution in [0.15, 0.2) is 42.5 Å². The number of alkyl halides is 3. The summed E-state index contributed by atoms with van der Waals surface area (Å²) in [5.74, 6) is -0.481. The molecule has 0 aliphatic carbocycles. The van der Waals surface area contributed by atoms with Crippen LogP contribution in [0.5, 0.6) is 11.5 Å². The molecule has 2 N–H and O–H groups in total. The van der Waals surface area contributed by atoms with Gasteiger partial charge in [0.05, 0.1) is 13.7 Å². The summed E-state index contributed by atoms with van der Waals surface area (Å²) >= 11 is 0. The number of carbonyl (C=O) groups is 3. The van der Waals surface area contributed by atoms with Crippen LogP contribution in [0, 0.1) is 0 Å². The molecule has 0 saturated carbocycles. The van der Waals surface area contributed by atoms with Gasteiger partial charge in [0.15, 0.2) is 18.1 Å². The molecule has 2 aromatic carbocycles. The maximum atomic E-state index is 12.5. The number of halogens is 3. The molecule has 3 rings (SSSR count). The highest BCUT2D eigenvalue weighted by Crippen LogP contribution is 2.30. The Balaban J connectivity index is 1.46.